The minimum Gasteiger partial charge on any atom is -0.454 e. The van der Waals surface area contributed by atoms with Crippen LogP contribution in [0, 0.1) is 18.7 Å². The molecular formula is C25H24FN7O. The Morgan fingerprint density at radius 2 is 1.94 bits per heavy atom. The molecule has 0 amide bonds. The Hall–Kier alpha value is -3.85. The Balaban J connectivity index is 1.28. The lowest BCUT2D eigenvalue weighted by Crippen LogP contribution is -2.29. The van der Waals surface area contributed by atoms with Crippen molar-refractivity contribution in [3.63, 3.8) is 0 Å². The van der Waals surface area contributed by atoms with E-state index in [-0.39, 0.29) is 11.3 Å². The lowest BCUT2D eigenvalue weighted by atomic mass is 9.98. The smallest absolute Gasteiger partial charge is 0.193 e. The van der Waals surface area contributed by atoms with Gasteiger partial charge in [-0.25, -0.2) is 14.4 Å². The number of hydrogen-bond donors (Lipinski definition) is 2. The van der Waals surface area contributed by atoms with Crippen LogP contribution in [0.25, 0.3) is 33.3 Å². The highest BCUT2D eigenvalue weighted by Gasteiger charge is 2.17. The van der Waals surface area contributed by atoms with Crippen LogP contribution in [0.3, 0.4) is 0 Å². The van der Waals surface area contributed by atoms with Crippen molar-refractivity contribution in [2.75, 3.05) is 13.1 Å². The molecule has 0 spiro atoms. The van der Waals surface area contributed by atoms with Crippen molar-refractivity contribution in [3.05, 3.63) is 60.6 Å². The number of aromatic amines is 1. The van der Waals surface area contributed by atoms with Crippen LogP contribution in [0.5, 0.6) is 11.5 Å². The third-order valence-electron chi connectivity index (χ3n) is 6.25. The second-order valence-electron chi connectivity index (χ2n) is 8.75. The molecule has 0 saturated carbocycles. The molecule has 1 aliphatic heterocycles. The molecule has 2 aromatic carbocycles. The molecule has 9 heteroatoms. The van der Waals surface area contributed by atoms with E-state index in [0.717, 1.165) is 54.9 Å². The molecule has 2 N–H and O–H groups in total. The molecule has 5 aromatic rings. The minimum absolute atomic E-state index is 0.0936. The number of aromatic nitrogens is 6. The summed E-state index contributed by atoms with van der Waals surface area (Å²) in [6.07, 6.45) is 7.66. The number of nitrogens with one attached hydrogen (secondary N) is 2. The molecule has 0 atom stereocenters. The number of ether oxygens (including phenoxy) is 1. The Morgan fingerprint density at radius 1 is 1.09 bits per heavy atom. The maximum atomic E-state index is 15.4. The first kappa shape index (κ1) is 20.7. The van der Waals surface area contributed by atoms with Crippen LogP contribution in [0.1, 0.15) is 18.7 Å². The third-order valence-corrected chi connectivity index (χ3v) is 6.25. The number of halogens is 1. The zero-order valence-electron chi connectivity index (χ0n) is 18.8. The Kier molecular flexibility index (Phi) is 5.18. The summed E-state index contributed by atoms with van der Waals surface area (Å²) in [5, 5.41) is 7.88. The van der Waals surface area contributed by atoms with Gasteiger partial charge in [0.2, 0.25) is 0 Å². The van der Waals surface area contributed by atoms with Gasteiger partial charge in [0.25, 0.3) is 0 Å². The molecule has 34 heavy (non-hydrogen) atoms. The Morgan fingerprint density at radius 3 is 2.82 bits per heavy atom. The van der Waals surface area contributed by atoms with E-state index >= 15 is 4.39 Å². The summed E-state index contributed by atoms with van der Waals surface area (Å²) in [4.78, 5) is 16.5. The van der Waals surface area contributed by atoms with E-state index in [9.17, 15) is 0 Å². The molecule has 1 aliphatic rings. The second-order valence-corrected chi connectivity index (χ2v) is 8.75. The average Bonchev–Trinajstić information content (AvgIpc) is 3.47. The monoisotopic (exact) mass is 457 g/mol. The van der Waals surface area contributed by atoms with Gasteiger partial charge in [0.1, 0.15) is 17.1 Å². The predicted molar refractivity (Wildman–Crippen MR) is 127 cm³/mol. The second kappa shape index (κ2) is 8.49. The van der Waals surface area contributed by atoms with Crippen LogP contribution in [-0.4, -0.2) is 42.8 Å². The van der Waals surface area contributed by atoms with E-state index in [2.05, 4.69) is 30.4 Å². The first-order chi connectivity index (χ1) is 16.6. The van der Waals surface area contributed by atoms with Crippen molar-refractivity contribution in [1.82, 2.24) is 35.0 Å². The molecule has 172 valence electrons. The van der Waals surface area contributed by atoms with Gasteiger partial charge >= 0.3 is 0 Å². The average molecular weight is 458 g/mol. The van der Waals surface area contributed by atoms with Crippen molar-refractivity contribution in [1.29, 1.82) is 0 Å². The van der Waals surface area contributed by atoms with Crippen molar-refractivity contribution in [3.8, 4) is 22.8 Å². The topological polar surface area (TPSA) is 93.5 Å². The Labute approximate surface area is 195 Å². The number of benzene rings is 2. The number of nitrogens with zero attached hydrogens (tertiary/aromatic N) is 5. The van der Waals surface area contributed by atoms with E-state index in [1.807, 2.05) is 23.9 Å². The third kappa shape index (κ3) is 3.99. The van der Waals surface area contributed by atoms with Gasteiger partial charge in [-0.2, -0.15) is 5.10 Å². The summed E-state index contributed by atoms with van der Waals surface area (Å²) in [6, 6.07) is 8.70. The highest BCUT2D eigenvalue weighted by atomic mass is 19.1. The fourth-order valence-electron chi connectivity index (χ4n) is 4.48. The molecule has 0 bridgehead atoms. The van der Waals surface area contributed by atoms with Gasteiger partial charge in [-0.05, 0) is 63.0 Å². The summed E-state index contributed by atoms with van der Waals surface area (Å²) < 4.78 is 23.2. The summed E-state index contributed by atoms with van der Waals surface area (Å²) in [5.41, 5.74) is 3.69. The van der Waals surface area contributed by atoms with E-state index < -0.39 is 5.82 Å². The lowest BCUT2D eigenvalue weighted by molar-refractivity contribution is 0.321. The fraction of sp³-hybridized carbons (Fsp3) is 0.280. The molecular weight excluding hydrogens is 433 g/mol. The molecule has 6 rings (SSSR count). The highest BCUT2D eigenvalue weighted by molar-refractivity contribution is 5.80. The van der Waals surface area contributed by atoms with Crippen molar-refractivity contribution in [2.45, 2.75) is 26.3 Å². The van der Waals surface area contributed by atoms with E-state index in [1.54, 1.807) is 36.7 Å². The number of aryl methyl sites for hydroxylation is 1. The van der Waals surface area contributed by atoms with Crippen LogP contribution >= 0.6 is 0 Å². The van der Waals surface area contributed by atoms with Crippen LogP contribution in [0.15, 0.2) is 48.9 Å². The van der Waals surface area contributed by atoms with E-state index in [0.29, 0.717) is 22.9 Å². The fourth-order valence-corrected chi connectivity index (χ4v) is 4.48. The van der Waals surface area contributed by atoms with Gasteiger partial charge in [-0.1, -0.05) is 0 Å². The van der Waals surface area contributed by atoms with Gasteiger partial charge < -0.3 is 15.0 Å². The normalized spacial score (nSPS) is 14.8. The van der Waals surface area contributed by atoms with Gasteiger partial charge in [-0.3, -0.25) is 9.67 Å². The molecule has 0 aliphatic carbocycles. The lowest BCUT2D eigenvalue weighted by Gasteiger charge is -2.22. The first-order valence-electron chi connectivity index (χ1n) is 11.5. The summed E-state index contributed by atoms with van der Waals surface area (Å²) in [7, 11) is 0. The summed E-state index contributed by atoms with van der Waals surface area (Å²) in [6.45, 7) is 4.86. The molecule has 3 aromatic heterocycles. The van der Waals surface area contributed by atoms with Gasteiger partial charge in [0.15, 0.2) is 11.6 Å². The van der Waals surface area contributed by atoms with Crippen LogP contribution in [0.4, 0.5) is 4.39 Å². The number of hydrogen-bond acceptors (Lipinski definition) is 6. The molecule has 1 fully saturated rings. The summed E-state index contributed by atoms with van der Waals surface area (Å²) in [5.74, 6) is 1.48. The van der Waals surface area contributed by atoms with Crippen molar-refractivity contribution < 1.29 is 9.13 Å². The molecule has 1 saturated heterocycles. The minimum atomic E-state index is -0.546. The summed E-state index contributed by atoms with van der Waals surface area (Å²) >= 11 is 0. The number of piperidine rings is 1. The van der Waals surface area contributed by atoms with E-state index in [4.69, 9.17) is 4.74 Å². The zero-order valence-corrected chi connectivity index (χ0v) is 18.8. The highest BCUT2D eigenvalue weighted by Crippen LogP contribution is 2.31. The van der Waals surface area contributed by atoms with Gasteiger partial charge in [-0.15, -0.1) is 0 Å². The molecule has 0 radical (unpaired) electrons. The van der Waals surface area contributed by atoms with Gasteiger partial charge in [0, 0.05) is 24.4 Å². The molecule has 8 nitrogen and oxygen atoms in total. The van der Waals surface area contributed by atoms with E-state index in [1.165, 1.54) is 0 Å². The number of fused-ring (bicyclic) bond motifs is 2. The quantitative estimate of drug-likeness (QED) is 0.400. The SMILES string of the molecule is Cc1nc2ccc(Oc3ccc4ncc(-c5cnn(CC6CCNCC6)c5)nc4c3F)cc2[nH]1. The standard InChI is InChI=1S/C25H24FN7O/c1-15-30-19-3-2-18(10-21(19)31-15)34-23-5-4-20-25(24(23)26)32-22(12-28-20)17-11-29-33(14-17)13-16-6-8-27-9-7-16/h2-5,10-12,14,16,27H,6-9,13H2,1H3,(H,30,31). The first-order valence-corrected chi connectivity index (χ1v) is 11.5. The predicted octanol–water partition coefficient (Wildman–Crippen LogP) is 4.61. The van der Waals surface area contributed by atoms with Crippen LogP contribution in [-0.2, 0) is 6.54 Å². The maximum absolute atomic E-state index is 15.4. The van der Waals surface area contributed by atoms with Crippen molar-refractivity contribution >= 4 is 22.1 Å². The number of H-pyrrole nitrogens is 1. The largest absolute Gasteiger partial charge is 0.454 e. The van der Waals surface area contributed by atoms with Crippen molar-refractivity contribution in [2.24, 2.45) is 5.92 Å². The number of imidazole rings is 1. The van der Waals surface area contributed by atoms with Gasteiger partial charge in [0.05, 0.1) is 34.6 Å². The number of rotatable bonds is 5. The Bertz CT molecular complexity index is 1490. The van der Waals surface area contributed by atoms with Crippen LogP contribution in [0.2, 0.25) is 0 Å². The maximum Gasteiger partial charge on any atom is 0.193 e. The van der Waals surface area contributed by atoms with Crippen LogP contribution < -0.4 is 10.1 Å². The molecule has 4 heterocycles. The molecule has 0 unspecified atom stereocenters. The zero-order chi connectivity index (χ0) is 23.1.